The predicted molar refractivity (Wildman–Crippen MR) is 104 cm³/mol. The third-order valence-corrected chi connectivity index (χ3v) is 4.65. The van der Waals surface area contributed by atoms with Crippen LogP contribution in [0.5, 0.6) is 0 Å². The van der Waals surface area contributed by atoms with Crippen LogP contribution < -0.4 is 0 Å². The van der Waals surface area contributed by atoms with E-state index in [9.17, 15) is 19.7 Å². The minimum Gasteiger partial charge on any atom is -0.445 e. The number of ether oxygens (including phenoxy) is 1. The van der Waals surface area contributed by atoms with Crippen molar-refractivity contribution in [1.82, 2.24) is 9.58 Å². The Morgan fingerprint density at radius 3 is 2.45 bits per heavy atom. The van der Waals surface area contributed by atoms with Gasteiger partial charge in [0.2, 0.25) is 23.9 Å². The van der Waals surface area contributed by atoms with Gasteiger partial charge in [0, 0.05) is 31.5 Å². The van der Waals surface area contributed by atoms with Gasteiger partial charge < -0.3 is 4.74 Å². The van der Waals surface area contributed by atoms with Gasteiger partial charge in [-0.1, -0.05) is 30.3 Å². The molecule has 29 heavy (non-hydrogen) atoms. The molecule has 0 aliphatic carbocycles. The highest BCUT2D eigenvalue weighted by atomic mass is 16.6. The highest BCUT2D eigenvalue weighted by molar-refractivity contribution is 6.10. The Bertz CT molecular complexity index is 1200. The summed E-state index contributed by atoms with van der Waals surface area (Å²) < 4.78 is 7.39. The molecule has 0 unspecified atom stereocenters. The number of carbonyl (C=O) groups excluding carboxylic acids is 2. The van der Waals surface area contributed by atoms with Gasteiger partial charge in [0.05, 0.1) is 21.6 Å². The van der Waals surface area contributed by atoms with Crippen molar-refractivity contribution in [3.63, 3.8) is 0 Å². The Morgan fingerprint density at radius 2 is 1.76 bits per heavy atom. The van der Waals surface area contributed by atoms with Crippen molar-refractivity contribution in [3.05, 3.63) is 76.0 Å². The smallest absolute Gasteiger partial charge is 0.278 e. The van der Waals surface area contributed by atoms with E-state index in [2.05, 4.69) is 5.10 Å². The first-order chi connectivity index (χ1) is 13.9. The number of amides is 1. The molecule has 2 aromatic carbocycles. The number of nitro groups is 1. The molecule has 0 fully saturated rings. The lowest BCUT2D eigenvalue weighted by Gasteiger charge is -2.19. The summed E-state index contributed by atoms with van der Waals surface area (Å²) in [7, 11) is 0. The highest BCUT2D eigenvalue weighted by Gasteiger charge is 2.38. The molecule has 1 aliphatic rings. The van der Waals surface area contributed by atoms with Crippen LogP contribution in [-0.2, 0) is 9.53 Å². The maximum absolute atomic E-state index is 12.2. The summed E-state index contributed by atoms with van der Waals surface area (Å²) in [5.41, 5.74) is 1.22. The summed E-state index contributed by atoms with van der Waals surface area (Å²) in [5, 5.41) is 17.5. The molecule has 0 bridgehead atoms. The van der Waals surface area contributed by atoms with E-state index in [1.807, 2.05) is 12.1 Å². The Labute approximate surface area is 164 Å². The largest absolute Gasteiger partial charge is 0.445 e. The van der Waals surface area contributed by atoms with Gasteiger partial charge in [-0.15, -0.1) is 5.10 Å². The highest BCUT2D eigenvalue weighted by Crippen LogP contribution is 2.36. The average molecular weight is 392 g/mol. The van der Waals surface area contributed by atoms with E-state index in [0.29, 0.717) is 16.5 Å². The summed E-state index contributed by atoms with van der Waals surface area (Å²) >= 11 is 0. The topological polar surface area (TPSA) is 107 Å². The zero-order valence-electron chi connectivity index (χ0n) is 15.6. The number of carbonyl (C=O) groups is 2. The van der Waals surface area contributed by atoms with Gasteiger partial charge in [0.1, 0.15) is 0 Å². The molecule has 146 valence electrons. The lowest BCUT2D eigenvalue weighted by molar-refractivity contribution is -0.386. The van der Waals surface area contributed by atoms with Crippen LogP contribution in [0.25, 0.3) is 10.9 Å². The Morgan fingerprint density at radius 1 is 1.07 bits per heavy atom. The van der Waals surface area contributed by atoms with Crippen molar-refractivity contribution in [2.24, 2.45) is 5.10 Å². The second kappa shape index (κ2) is 6.86. The van der Waals surface area contributed by atoms with Crippen molar-refractivity contribution in [2.75, 3.05) is 0 Å². The number of fused-ring (bicyclic) bond motifs is 1. The lowest BCUT2D eigenvalue weighted by atomic mass is 10.1. The Balaban J connectivity index is 1.83. The fourth-order valence-corrected chi connectivity index (χ4v) is 3.35. The summed E-state index contributed by atoms with van der Waals surface area (Å²) in [4.78, 5) is 35.1. The van der Waals surface area contributed by atoms with E-state index in [1.165, 1.54) is 36.6 Å². The molecule has 0 spiro atoms. The molecule has 1 aliphatic heterocycles. The van der Waals surface area contributed by atoms with Crippen LogP contribution in [0.15, 0.2) is 59.8 Å². The number of aromatic nitrogens is 1. The fourth-order valence-electron chi connectivity index (χ4n) is 3.35. The van der Waals surface area contributed by atoms with Crippen molar-refractivity contribution in [2.45, 2.75) is 20.1 Å². The van der Waals surface area contributed by atoms with E-state index < -0.39 is 17.1 Å². The molecule has 1 atom stereocenters. The van der Waals surface area contributed by atoms with E-state index in [-0.39, 0.29) is 23.1 Å². The fraction of sp³-hybridized carbons (Fsp3) is 0.150. The molecule has 1 aromatic heterocycles. The van der Waals surface area contributed by atoms with Crippen LogP contribution >= 0.6 is 0 Å². The van der Waals surface area contributed by atoms with E-state index in [0.717, 1.165) is 5.01 Å². The first-order valence-electron chi connectivity index (χ1n) is 8.78. The van der Waals surface area contributed by atoms with Gasteiger partial charge in [0.15, 0.2) is 0 Å². The monoisotopic (exact) mass is 392 g/mol. The molecule has 1 amide bonds. The van der Waals surface area contributed by atoms with E-state index >= 15 is 0 Å². The third-order valence-electron chi connectivity index (χ3n) is 4.65. The zero-order valence-corrected chi connectivity index (χ0v) is 15.6. The molecule has 0 radical (unpaired) electrons. The molecule has 2 heterocycles. The first-order valence-corrected chi connectivity index (χ1v) is 8.78. The SMILES string of the molecule is CC(=O)N1N=C(c2cn(C(C)=O)c3ccccc23)O[C@H]1c1ccccc1[N+](=O)[O-]. The minimum absolute atomic E-state index is 0.111. The Kier molecular flexibility index (Phi) is 4.34. The second-order valence-electron chi connectivity index (χ2n) is 6.50. The van der Waals surface area contributed by atoms with E-state index in [4.69, 9.17) is 4.74 Å². The quantitative estimate of drug-likeness (QED) is 0.501. The van der Waals surface area contributed by atoms with Gasteiger partial charge in [-0.3, -0.25) is 24.3 Å². The van der Waals surface area contributed by atoms with Crippen molar-refractivity contribution in [3.8, 4) is 0 Å². The summed E-state index contributed by atoms with van der Waals surface area (Å²) in [6.45, 7) is 2.74. The summed E-state index contributed by atoms with van der Waals surface area (Å²) in [6.07, 6.45) is 0.509. The average Bonchev–Trinajstić information content (AvgIpc) is 3.30. The van der Waals surface area contributed by atoms with Crippen LogP contribution in [-0.4, -0.2) is 32.2 Å². The molecular weight excluding hydrogens is 376 g/mol. The molecular formula is C20H16N4O5. The Hall–Kier alpha value is -4.01. The number of para-hydroxylation sites is 2. The maximum atomic E-state index is 12.2. The van der Waals surface area contributed by atoms with Crippen molar-refractivity contribution >= 4 is 34.3 Å². The van der Waals surface area contributed by atoms with Crippen LogP contribution in [0.2, 0.25) is 0 Å². The number of rotatable bonds is 3. The number of hydrogen-bond donors (Lipinski definition) is 0. The summed E-state index contributed by atoms with van der Waals surface area (Å²) in [5.74, 6) is -0.511. The standard InChI is InChI=1S/C20H16N4O5/c1-12(25)22-11-16(14-7-3-5-9-17(14)22)19-21-23(13(2)26)20(29-19)15-8-4-6-10-18(15)24(27)28/h3-11,20H,1-2H3/t20-/m0/s1. The van der Waals surface area contributed by atoms with Gasteiger partial charge in [-0.2, -0.15) is 5.01 Å². The zero-order chi connectivity index (χ0) is 20.7. The molecule has 9 heteroatoms. The number of hydrazone groups is 1. The number of benzene rings is 2. The molecule has 0 N–H and O–H groups in total. The number of nitro benzene ring substituents is 1. The molecule has 9 nitrogen and oxygen atoms in total. The van der Waals surface area contributed by atoms with Crippen LogP contribution in [0.1, 0.15) is 36.0 Å². The van der Waals surface area contributed by atoms with Crippen LogP contribution in [0.4, 0.5) is 5.69 Å². The normalized spacial score (nSPS) is 15.9. The van der Waals surface area contributed by atoms with Crippen molar-refractivity contribution in [1.29, 1.82) is 0 Å². The second-order valence-corrected chi connectivity index (χ2v) is 6.50. The summed E-state index contributed by atoms with van der Waals surface area (Å²) in [6, 6.07) is 13.3. The lowest BCUT2D eigenvalue weighted by Crippen LogP contribution is -2.25. The van der Waals surface area contributed by atoms with Gasteiger partial charge in [-0.05, 0) is 12.1 Å². The molecule has 0 saturated carbocycles. The number of hydrogen-bond acceptors (Lipinski definition) is 6. The first kappa shape index (κ1) is 18.4. The van der Waals surface area contributed by atoms with E-state index in [1.54, 1.807) is 24.4 Å². The minimum atomic E-state index is -1.08. The van der Waals surface area contributed by atoms with Gasteiger partial charge >= 0.3 is 0 Å². The van der Waals surface area contributed by atoms with Crippen molar-refractivity contribution < 1.29 is 19.2 Å². The predicted octanol–water partition coefficient (Wildman–Crippen LogP) is 3.45. The maximum Gasteiger partial charge on any atom is 0.278 e. The van der Waals surface area contributed by atoms with Gasteiger partial charge in [-0.25, -0.2) is 0 Å². The van der Waals surface area contributed by atoms with Crippen LogP contribution in [0, 0.1) is 10.1 Å². The number of nitrogens with zero attached hydrogens (tertiary/aromatic N) is 4. The molecule has 0 saturated heterocycles. The third kappa shape index (κ3) is 3.02. The molecule has 4 rings (SSSR count). The molecule has 3 aromatic rings. The van der Waals surface area contributed by atoms with Crippen LogP contribution in [0.3, 0.4) is 0 Å². The van der Waals surface area contributed by atoms with Gasteiger partial charge in [0.25, 0.3) is 5.69 Å².